The number of halogens is 1. The Morgan fingerprint density at radius 3 is 2.80 bits per heavy atom. The topological polar surface area (TPSA) is 95.1 Å². The lowest BCUT2D eigenvalue weighted by molar-refractivity contribution is 0.0662. The van der Waals surface area contributed by atoms with Crippen LogP contribution in [0.2, 0.25) is 0 Å². The van der Waals surface area contributed by atoms with Gasteiger partial charge in [-0.05, 0) is 42.5 Å². The molecule has 3 aromatic rings. The number of pyridine rings is 1. The number of hydrogen-bond acceptors (Lipinski definition) is 5. The zero-order valence-electron chi connectivity index (χ0n) is 16.4. The Labute approximate surface area is 173 Å². The number of rotatable bonds is 3. The predicted octanol–water partition coefficient (Wildman–Crippen LogP) is 2.97. The van der Waals surface area contributed by atoms with Gasteiger partial charge in [0.25, 0.3) is 5.91 Å². The molecule has 154 valence electrons. The van der Waals surface area contributed by atoms with E-state index < -0.39 is 5.95 Å². The summed E-state index contributed by atoms with van der Waals surface area (Å²) in [6.45, 7) is 2.01. The number of carbonyl (C=O) groups is 1. The van der Waals surface area contributed by atoms with Crippen LogP contribution in [0.1, 0.15) is 34.8 Å². The molecule has 4 heterocycles. The maximum absolute atomic E-state index is 14.7. The van der Waals surface area contributed by atoms with E-state index in [0.717, 1.165) is 30.4 Å². The van der Waals surface area contributed by atoms with Gasteiger partial charge in [-0.2, -0.15) is 9.49 Å². The van der Waals surface area contributed by atoms with E-state index >= 15 is 0 Å². The molecule has 2 aliphatic rings. The zero-order valence-corrected chi connectivity index (χ0v) is 16.4. The summed E-state index contributed by atoms with van der Waals surface area (Å²) in [7, 11) is 0. The van der Waals surface area contributed by atoms with E-state index in [1.54, 1.807) is 18.3 Å². The number of carbonyl (C=O) groups excluding carboxylic acids is 1. The van der Waals surface area contributed by atoms with Gasteiger partial charge in [0.1, 0.15) is 5.82 Å². The van der Waals surface area contributed by atoms with Gasteiger partial charge in [0.15, 0.2) is 0 Å². The zero-order chi connectivity index (χ0) is 20.7. The second kappa shape index (κ2) is 7.53. The van der Waals surface area contributed by atoms with Crippen molar-refractivity contribution >= 4 is 11.7 Å². The molecule has 0 saturated carbocycles. The summed E-state index contributed by atoms with van der Waals surface area (Å²) in [5.74, 6) is -0.581. The van der Waals surface area contributed by atoms with Gasteiger partial charge >= 0.3 is 0 Å². The summed E-state index contributed by atoms with van der Waals surface area (Å²) in [5.41, 5.74) is 10.1. The van der Waals surface area contributed by atoms with Crippen LogP contribution in [-0.2, 0) is 11.2 Å². The van der Waals surface area contributed by atoms with Crippen molar-refractivity contribution in [1.82, 2.24) is 20.1 Å². The van der Waals surface area contributed by atoms with Crippen molar-refractivity contribution in [3.05, 3.63) is 53.7 Å². The molecule has 1 aromatic carbocycles. The van der Waals surface area contributed by atoms with Crippen molar-refractivity contribution in [3.63, 3.8) is 0 Å². The third-order valence-corrected chi connectivity index (χ3v) is 5.82. The van der Waals surface area contributed by atoms with Gasteiger partial charge in [-0.15, -0.1) is 0 Å². The monoisotopic (exact) mass is 407 g/mol. The number of hydrogen-bond donors (Lipinski definition) is 2. The molecule has 2 aliphatic heterocycles. The first kappa shape index (κ1) is 18.7. The average Bonchev–Trinajstić information content (AvgIpc) is 3.24. The normalized spacial score (nSPS) is 16.9. The van der Waals surface area contributed by atoms with Gasteiger partial charge < -0.3 is 15.8 Å². The molecule has 1 saturated heterocycles. The molecule has 7 nitrogen and oxygen atoms in total. The maximum Gasteiger partial charge on any atom is 0.251 e. The number of benzene rings is 1. The van der Waals surface area contributed by atoms with Crippen LogP contribution in [-0.4, -0.2) is 40.4 Å². The lowest BCUT2D eigenvalue weighted by Crippen LogP contribution is -2.31. The lowest BCUT2D eigenvalue weighted by Gasteiger charge is -2.22. The summed E-state index contributed by atoms with van der Waals surface area (Å²) >= 11 is 0. The highest BCUT2D eigenvalue weighted by molar-refractivity contribution is 5.97. The first-order chi connectivity index (χ1) is 14.6. The van der Waals surface area contributed by atoms with Gasteiger partial charge in [-0.3, -0.25) is 9.48 Å². The van der Waals surface area contributed by atoms with Gasteiger partial charge in [-0.25, -0.2) is 4.98 Å². The van der Waals surface area contributed by atoms with E-state index in [1.165, 1.54) is 0 Å². The molecule has 30 heavy (non-hydrogen) atoms. The van der Waals surface area contributed by atoms with Gasteiger partial charge in [0.2, 0.25) is 5.95 Å². The van der Waals surface area contributed by atoms with Crippen LogP contribution in [0.3, 0.4) is 0 Å². The average molecular weight is 407 g/mol. The van der Waals surface area contributed by atoms with Crippen LogP contribution < -0.4 is 11.1 Å². The first-order valence-electron chi connectivity index (χ1n) is 10.1. The molecule has 3 N–H and O–H groups in total. The van der Waals surface area contributed by atoms with Crippen molar-refractivity contribution in [1.29, 1.82) is 0 Å². The SMILES string of the molecule is Nc1nc(F)c(-c2cnn(C3CCOCC3)c2)cc1-c1ccc2c(c1)CCNC2=O. The third-order valence-electron chi connectivity index (χ3n) is 5.82. The van der Waals surface area contributed by atoms with E-state index in [-0.39, 0.29) is 17.8 Å². The number of anilines is 1. The van der Waals surface area contributed by atoms with E-state index in [4.69, 9.17) is 10.5 Å². The van der Waals surface area contributed by atoms with Crippen LogP contribution in [0.5, 0.6) is 0 Å². The molecule has 0 bridgehead atoms. The Kier molecular flexibility index (Phi) is 4.71. The molecule has 0 unspecified atom stereocenters. The molecule has 0 spiro atoms. The predicted molar refractivity (Wildman–Crippen MR) is 110 cm³/mol. The Morgan fingerprint density at radius 2 is 1.97 bits per heavy atom. The van der Waals surface area contributed by atoms with E-state index in [2.05, 4.69) is 15.4 Å². The number of nitrogen functional groups attached to an aromatic ring is 1. The van der Waals surface area contributed by atoms with Gasteiger partial charge in [0.05, 0.1) is 12.2 Å². The minimum Gasteiger partial charge on any atom is -0.383 e. The largest absolute Gasteiger partial charge is 0.383 e. The maximum atomic E-state index is 14.7. The summed E-state index contributed by atoms with van der Waals surface area (Å²) < 4.78 is 22.0. The Bertz CT molecular complexity index is 1120. The van der Waals surface area contributed by atoms with Crippen molar-refractivity contribution in [2.24, 2.45) is 0 Å². The van der Waals surface area contributed by atoms with E-state index in [9.17, 15) is 9.18 Å². The molecule has 0 radical (unpaired) electrons. The number of amides is 1. The smallest absolute Gasteiger partial charge is 0.251 e. The molecule has 1 amide bonds. The summed E-state index contributed by atoms with van der Waals surface area (Å²) in [6, 6.07) is 7.51. The minimum atomic E-state index is -0.625. The number of aromatic nitrogens is 3. The molecule has 1 fully saturated rings. The fourth-order valence-corrected chi connectivity index (χ4v) is 4.16. The molecule has 0 aliphatic carbocycles. The summed E-state index contributed by atoms with van der Waals surface area (Å²) in [5, 5.41) is 7.27. The quantitative estimate of drug-likeness (QED) is 0.651. The fraction of sp³-hybridized carbons (Fsp3) is 0.318. The van der Waals surface area contributed by atoms with Crippen molar-refractivity contribution in [3.8, 4) is 22.3 Å². The van der Waals surface area contributed by atoms with Gasteiger partial charge in [0, 0.05) is 48.2 Å². The number of nitrogens with two attached hydrogens (primary N) is 1. The lowest BCUT2D eigenvalue weighted by atomic mass is 9.94. The standard InChI is InChI=1S/C22H22FN5O2/c23-20-18(15-11-26-28(12-15)16-4-7-30-8-5-16)10-19(21(24)27-20)13-1-2-17-14(9-13)3-6-25-22(17)29/h1-2,9-12,16H,3-8H2,(H2,24,27)(H,25,29). The van der Waals surface area contributed by atoms with Crippen molar-refractivity contribution in [2.75, 3.05) is 25.5 Å². The molecule has 0 atom stereocenters. The van der Waals surface area contributed by atoms with E-state index in [0.29, 0.717) is 42.0 Å². The highest BCUT2D eigenvalue weighted by atomic mass is 19.1. The van der Waals surface area contributed by atoms with Crippen molar-refractivity contribution < 1.29 is 13.9 Å². The third kappa shape index (κ3) is 3.33. The molecular weight excluding hydrogens is 385 g/mol. The number of nitrogens with zero attached hydrogens (tertiary/aromatic N) is 3. The number of nitrogens with one attached hydrogen (secondary N) is 1. The first-order valence-corrected chi connectivity index (χ1v) is 10.1. The summed E-state index contributed by atoms with van der Waals surface area (Å²) in [6.07, 6.45) is 6.03. The Balaban J connectivity index is 1.52. The highest BCUT2D eigenvalue weighted by Crippen LogP contribution is 2.33. The summed E-state index contributed by atoms with van der Waals surface area (Å²) in [4.78, 5) is 16.0. The molecule has 5 rings (SSSR count). The van der Waals surface area contributed by atoms with E-state index in [1.807, 2.05) is 23.0 Å². The van der Waals surface area contributed by atoms with Crippen LogP contribution in [0.15, 0.2) is 36.7 Å². The van der Waals surface area contributed by atoms with Gasteiger partial charge in [-0.1, -0.05) is 12.1 Å². The van der Waals surface area contributed by atoms with Crippen LogP contribution in [0.4, 0.5) is 10.2 Å². The molecule has 8 heteroatoms. The van der Waals surface area contributed by atoms with Crippen molar-refractivity contribution in [2.45, 2.75) is 25.3 Å². The second-order valence-corrected chi connectivity index (χ2v) is 7.69. The number of ether oxygens (including phenoxy) is 1. The fourth-order valence-electron chi connectivity index (χ4n) is 4.16. The Hall–Kier alpha value is -3.26. The highest BCUT2D eigenvalue weighted by Gasteiger charge is 2.21. The van der Waals surface area contributed by atoms with Crippen LogP contribution in [0, 0.1) is 5.95 Å². The molecule has 2 aromatic heterocycles. The molecular formula is C22H22FN5O2. The van der Waals surface area contributed by atoms with Crippen LogP contribution in [0.25, 0.3) is 22.3 Å². The minimum absolute atomic E-state index is 0.0748. The Morgan fingerprint density at radius 1 is 1.13 bits per heavy atom. The second-order valence-electron chi connectivity index (χ2n) is 7.69. The van der Waals surface area contributed by atoms with Crippen LogP contribution >= 0.6 is 0 Å². The number of fused-ring (bicyclic) bond motifs is 1.